The van der Waals surface area contributed by atoms with E-state index >= 15 is 0 Å². The van der Waals surface area contributed by atoms with Crippen LogP contribution in [0.2, 0.25) is 0 Å². The second-order valence-corrected chi connectivity index (χ2v) is 5.69. The molecule has 2 rings (SSSR count). The summed E-state index contributed by atoms with van der Waals surface area (Å²) in [6.07, 6.45) is 0.551. The van der Waals surface area contributed by atoms with Gasteiger partial charge in [0.2, 0.25) is 5.91 Å². The molecule has 1 fully saturated rings. The average molecular weight is 296 g/mol. The molecule has 20 heavy (non-hydrogen) atoms. The van der Waals surface area contributed by atoms with Crippen molar-refractivity contribution < 1.29 is 19.5 Å². The van der Waals surface area contributed by atoms with Crippen LogP contribution in [0.25, 0.3) is 0 Å². The Hall–Kier alpha value is -1.89. The van der Waals surface area contributed by atoms with E-state index in [0.29, 0.717) is 13.0 Å². The van der Waals surface area contributed by atoms with Gasteiger partial charge >= 0.3 is 5.97 Å². The van der Waals surface area contributed by atoms with Crippen LogP contribution in [0.4, 0.5) is 0 Å². The Kier molecular flexibility index (Phi) is 4.08. The van der Waals surface area contributed by atoms with Crippen LogP contribution in [0.15, 0.2) is 10.8 Å². The predicted molar refractivity (Wildman–Crippen MR) is 74.0 cm³/mol. The van der Waals surface area contributed by atoms with Crippen molar-refractivity contribution in [3.8, 4) is 0 Å². The van der Waals surface area contributed by atoms with Gasteiger partial charge < -0.3 is 15.3 Å². The molecule has 2 heterocycles. The zero-order valence-electron chi connectivity index (χ0n) is 11.3. The van der Waals surface area contributed by atoms with Crippen molar-refractivity contribution in [2.75, 3.05) is 6.54 Å². The quantitative estimate of drug-likeness (QED) is 0.873. The van der Waals surface area contributed by atoms with E-state index in [2.05, 4.69) is 5.32 Å². The van der Waals surface area contributed by atoms with Crippen molar-refractivity contribution >= 4 is 29.1 Å². The maximum absolute atomic E-state index is 12.1. The van der Waals surface area contributed by atoms with Crippen molar-refractivity contribution in [2.24, 2.45) is 0 Å². The van der Waals surface area contributed by atoms with Gasteiger partial charge in [-0.25, -0.2) is 4.79 Å². The summed E-state index contributed by atoms with van der Waals surface area (Å²) >= 11 is 1.15. The minimum atomic E-state index is -1.14. The minimum Gasteiger partial charge on any atom is -0.478 e. The first-order chi connectivity index (χ1) is 9.41. The van der Waals surface area contributed by atoms with Gasteiger partial charge in [0.25, 0.3) is 5.91 Å². The third-order valence-corrected chi connectivity index (χ3v) is 4.05. The van der Waals surface area contributed by atoms with Crippen LogP contribution in [0.3, 0.4) is 0 Å². The molecule has 1 aliphatic heterocycles. The molecule has 1 aliphatic rings. The van der Waals surface area contributed by atoms with Gasteiger partial charge in [-0.2, -0.15) is 11.3 Å². The number of hydrogen-bond acceptors (Lipinski definition) is 4. The molecule has 1 saturated heterocycles. The lowest BCUT2D eigenvalue weighted by atomic mass is 10.1. The first kappa shape index (κ1) is 14.5. The average Bonchev–Trinajstić information content (AvgIpc) is 2.97. The molecule has 0 radical (unpaired) electrons. The van der Waals surface area contributed by atoms with E-state index in [0.717, 1.165) is 11.3 Å². The highest BCUT2D eigenvalue weighted by molar-refractivity contribution is 7.08. The largest absolute Gasteiger partial charge is 0.478 e. The lowest BCUT2D eigenvalue weighted by molar-refractivity contribution is -0.130. The molecule has 0 spiro atoms. The summed E-state index contributed by atoms with van der Waals surface area (Å²) in [7, 11) is 0. The first-order valence-corrected chi connectivity index (χ1v) is 7.27. The Morgan fingerprint density at radius 3 is 2.60 bits per heavy atom. The minimum absolute atomic E-state index is 0.0290. The maximum Gasteiger partial charge on any atom is 0.337 e. The van der Waals surface area contributed by atoms with Gasteiger partial charge in [0.05, 0.1) is 11.1 Å². The first-order valence-electron chi connectivity index (χ1n) is 6.32. The Balaban J connectivity index is 2.08. The highest BCUT2D eigenvalue weighted by Crippen LogP contribution is 2.18. The summed E-state index contributed by atoms with van der Waals surface area (Å²) in [6, 6.07) is -0.466. The summed E-state index contributed by atoms with van der Waals surface area (Å²) in [5, 5.41) is 14.5. The van der Waals surface area contributed by atoms with Gasteiger partial charge in [-0.15, -0.1) is 0 Å². The van der Waals surface area contributed by atoms with Crippen LogP contribution < -0.4 is 5.32 Å². The monoisotopic (exact) mass is 296 g/mol. The van der Waals surface area contributed by atoms with E-state index in [1.807, 2.05) is 13.8 Å². The number of rotatable bonds is 4. The number of aromatic carboxylic acids is 1. The van der Waals surface area contributed by atoms with Crippen LogP contribution in [0.5, 0.6) is 0 Å². The number of carbonyl (C=O) groups is 3. The molecular weight excluding hydrogens is 280 g/mol. The SMILES string of the molecule is CC(C)N1CCC(NC(=O)c2cscc2C(=O)O)C1=O. The van der Waals surface area contributed by atoms with E-state index in [-0.39, 0.29) is 23.1 Å². The van der Waals surface area contributed by atoms with E-state index in [1.165, 1.54) is 10.8 Å². The zero-order valence-corrected chi connectivity index (χ0v) is 12.1. The van der Waals surface area contributed by atoms with Crippen molar-refractivity contribution in [1.29, 1.82) is 0 Å². The summed E-state index contributed by atoms with van der Waals surface area (Å²) < 4.78 is 0. The number of carboxylic acid groups (broad SMARTS) is 1. The lowest BCUT2D eigenvalue weighted by Gasteiger charge is -2.21. The summed E-state index contributed by atoms with van der Waals surface area (Å²) in [5.41, 5.74) is 0.0805. The van der Waals surface area contributed by atoms with Crippen molar-refractivity contribution in [3.05, 3.63) is 21.9 Å². The fourth-order valence-corrected chi connectivity index (χ4v) is 3.03. The number of nitrogens with zero attached hydrogens (tertiary/aromatic N) is 1. The molecule has 0 aromatic carbocycles. The van der Waals surface area contributed by atoms with Gasteiger partial charge in [-0.05, 0) is 20.3 Å². The number of hydrogen-bond donors (Lipinski definition) is 2. The van der Waals surface area contributed by atoms with Gasteiger partial charge in [0.1, 0.15) is 6.04 Å². The fraction of sp³-hybridized carbons (Fsp3) is 0.462. The molecule has 1 aromatic heterocycles. The number of carboxylic acids is 1. The molecular formula is C13H16N2O4S. The number of nitrogens with one attached hydrogen (secondary N) is 1. The molecule has 7 heteroatoms. The maximum atomic E-state index is 12.1. The molecule has 0 saturated carbocycles. The molecule has 0 aliphatic carbocycles. The Bertz CT molecular complexity index is 552. The normalized spacial score (nSPS) is 18.6. The number of amides is 2. The number of thiophene rings is 1. The number of likely N-dealkylation sites (tertiary alicyclic amines) is 1. The van der Waals surface area contributed by atoms with E-state index in [1.54, 1.807) is 4.90 Å². The van der Waals surface area contributed by atoms with Gasteiger partial charge in [-0.3, -0.25) is 9.59 Å². The smallest absolute Gasteiger partial charge is 0.337 e. The Morgan fingerprint density at radius 1 is 1.40 bits per heavy atom. The summed E-state index contributed by atoms with van der Waals surface area (Å²) in [6.45, 7) is 4.45. The highest BCUT2D eigenvalue weighted by Gasteiger charge is 2.34. The topological polar surface area (TPSA) is 86.7 Å². The number of carbonyl (C=O) groups excluding carboxylic acids is 2. The fourth-order valence-electron chi connectivity index (χ4n) is 2.22. The van der Waals surface area contributed by atoms with Crippen molar-refractivity contribution in [2.45, 2.75) is 32.4 Å². The molecule has 2 N–H and O–H groups in total. The van der Waals surface area contributed by atoms with E-state index in [9.17, 15) is 14.4 Å². The van der Waals surface area contributed by atoms with Crippen LogP contribution in [-0.4, -0.2) is 46.4 Å². The molecule has 1 atom stereocenters. The molecule has 1 aromatic rings. The second-order valence-electron chi connectivity index (χ2n) is 4.94. The van der Waals surface area contributed by atoms with Crippen LogP contribution in [0, 0.1) is 0 Å². The highest BCUT2D eigenvalue weighted by atomic mass is 32.1. The summed E-state index contributed by atoms with van der Waals surface area (Å²) in [4.78, 5) is 36.8. The molecule has 1 unspecified atom stereocenters. The molecule has 0 bridgehead atoms. The van der Waals surface area contributed by atoms with Crippen LogP contribution >= 0.6 is 11.3 Å². The summed E-state index contributed by atoms with van der Waals surface area (Å²) in [5.74, 6) is -1.76. The van der Waals surface area contributed by atoms with Crippen molar-refractivity contribution in [3.63, 3.8) is 0 Å². The van der Waals surface area contributed by atoms with E-state index < -0.39 is 17.9 Å². The zero-order chi connectivity index (χ0) is 14.9. The van der Waals surface area contributed by atoms with E-state index in [4.69, 9.17) is 5.11 Å². The predicted octanol–water partition coefficient (Wildman–Crippen LogP) is 1.19. The Morgan fingerprint density at radius 2 is 2.05 bits per heavy atom. The molecule has 6 nitrogen and oxygen atoms in total. The Labute approximate surface area is 120 Å². The van der Waals surface area contributed by atoms with Crippen molar-refractivity contribution in [1.82, 2.24) is 10.2 Å². The van der Waals surface area contributed by atoms with Crippen LogP contribution in [0.1, 0.15) is 41.0 Å². The second kappa shape index (κ2) is 5.62. The third kappa shape index (κ3) is 2.67. The van der Waals surface area contributed by atoms with Crippen LogP contribution in [-0.2, 0) is 4.79 Å². The van der Waals surface area contributed by atoms with Gasteiger partial charge in [-0.1, -0.05) is 0 Å². The third-order valence-electron chi connectivity index (χ3n) is 3.31. The lowest BCUT2D eigenvalue weighted by Crippen LogP contribution is -2.43. The molecule has 108 valence electrons. The van der Waals surface area contributed by atoms with Gasteiger partial charge in [0.15, 0.2) is 0 Å². The molecule has 2 amide bonds. The van der Waals surface area contributed by atoms with Gasteiger partial charge in [0, 0.05) is 23.3 Å². The standard InChI is InChI=1S/C13H16N2O4S/c1-7(2)15-4-3-10(12(15)17)14-11(16)8-5-20-6-9(8)13(18)19/h5-7,10H,3-4H2,1-2H3,(H,14,16)(H,18,19).